The average Bonchev–Trinajstić information content (AvgIpc) is 3.17. The van der Waals surface area contributed by atoms with E-state index < -0.39 is 27.3 Å². The molecule has 4 aliphatic rings. The first-order chi connectivity index (χ1) is 23.2. The van der Waals surface area contributed by atoms with Crippen molar-refractivity contribution in [2.45, 2.75) is 89.4 Å². The molecule has 2 N–H and O–H groups in total. The fraction of sp³-hybridized carbons (Fsp3) is 0.550. The first-order valence-electron chi connectivity index (χ1n) is 18.4. The molecule has 7 nitrogen and oxygen atoms in total. The Morgan fingerprint density at radius 3 is 2.08 bits per heavy atom. The normalized spacial score (nSPS) is 25.1. The fourth-order valence-corrected chi connectivity index (χ4v) is 10.7. The predicted octanol–water partition coefficient (Wildman–Crippen LogP) is 3.99. The summed E-state index contributed by atoms with van der Waals surface area (Å²) in [6, 6.07) is 22.4. The molecule has 2 atom stereocenters. The molecule has 3 fully saturated rings. The van der Waals surface area contributed by atoms with Gasteiger partial charge in [-0.05, 0) is 66.8 Å². The van der Waals surface area contributed by atoms with Crippen LogP contribution in [0.3, 0.4) is 0 Å². The quantitative estimate of drug-likeness (QED) is 0.247. The van der Waals surface area contributed by atoms with Crippen molar-refractivity contribution in [2.75, 3.05) is 56.9 Å². The SMILES string of the molecule is CCCCC1(CCCC)CS(=O)(=O)c2ccc(NCC)cc2[C@@H](c2ccc(OCc3ccc(C[N+]45CCN(CC4)CC5)cc3)cc2)[C@H]1O.[Cl-]. The summed E-state index contributed by atoms with van der Waals surface area (Å²) < 4.78 is 35.7. The van der Waals surface area contributed by atoms with E-state index in [2.05, 4.69) is 48.3 Å². The topological polar surface area (TPSA) is 78.9 Å². The van der Waals surface area contributed by atoms with Gasteiger partial charge >= 0.3 is 0 Å². The Morgan fingerprint density at radius 2 is 1.49 bits per heavy atom. The van der Waals surface area contributed by atoms with E-state index in [0.29, 0.717) is 29.9 Å². The maximum atomic E-state index is 14.1. The number of nitrogens with one attached hydrogen (secondary N) is 1. The lowest BCUT2D eigenvalue weighted by atomic mass is 9.68. The van der Waals surface area contributed by atoms with Crippen molar-refractivity contribution in [1.29, 1.82) is 0 Å². The van der Waals surface area contributed by atoms with Crippen LogP contribution in [0.4, 0.5) is 5.69 Å². The molecule has 3 saturated heterocycles. The van der Waals surface area contributed by atoms with Crippen molar-refractivity contribution in [3.05, 3.63) is 89.0 Å². The van der Waals surface area contributed by atoms with Crippen LogP contribution in [0, 0.1) is 5.41 Å². The molecular formula is C40H56ClN3O4S. The van der Waals surface area contributed by atoms with Gasteiger partial charge in [0.25, 0.3) is 0 Å². The van der Waals surface area contributed by atoms with Gasteiger partial charge in [-0.15, -0.1) is 0 Å². The lowest BCUT2D eigenvalue weighted by Crippen LogP contribution is -3.00. The molecule has 0 amide bonds. The van der Waals surface area contributed by atoms with E-state index in [1.807, 2.05) is 43.3 Å². The Labute approximate surface area is 301 Å². The summed E-state index contributed by atoms with van der Waals surface area (Å²) in [6.45, 7) is 16.1. The molecule has 0 unspecified atom stereocenters. The number of sulfone groups is 1. The van der Waals surface area contributed by atoms with Crippen LogP contribution in [0.15, 0.2) is 71.6 Å². The summed E-state index contributed by atoms with van der Waals surface area (Å²) in [5.41, 5.74) is 4.27. The number of rotatable bonds is 14. The van der Waals surface area contributed by atoms with Crippen LogP contribution < -0.4 is 22.5 Å². The van der Waals surface area contributed by atoms with Gasteiger partial charge in [0, 0.05) is 48.8 Å². The number of aliphatic hydroxyl groups is 1. The highest BCUT2D eigenvalue weighted by Gasteiger charge is 2.49. The Balaban J connectivity index is 0.00000468. The first kappa shape index (κ1) is 37.6. The van der Waals surface area contributed by atoms with Crippen LogP contribution in [0.5, 0.6) is 5.75 Å². The number of hydrogen-bond donors (Lipinski definition) is 2. The van der Waals surface area contributed by atoms with E-state index in [1.54, 1.807) is 6.07 Å². The molecule has 9 heteroatoms. The summed E-state index contributed by atoms with van der Waals surface area (Å²) in [7, 11) is -3.63. The van der Waals surface area contributed by atoms with Crippen LogP contribution in [0.1, 0.15) is 87.5 Å². The number of nitrogens with zero attached hydrogens (tertiary/aromatic N) is 2. The molecule has 2 bridgehead atoms. The van der Waals surface area contributed by atoms with E-state index >= 15 is 0 Å². The molecule has 0 spiro atoms. The minimum absolute atomic E-state index is 0. The maximum absolute atomic E-state index is 14.1. The monoisotopic (exact) mass is 709 g/mol. The molecule has 3 aromatic rings. The largest absolute Gasteiger partial charge is 1.00 e. The second-order valence-corrected chi connectivity index (χ2v) is 16.7. The highest BCUT2D eigenvalue weighted by molar-refractivity contribution is 7.91. The lowest BCUT2D eigenvalue weighted by Gasteiger charge is -2.50. The summed E-state index contributed by atoms with van der Waals surface area (Å²) in [6.07, 6.45) is 4.21. The van der Waals surface area contributed by atoms with Crippen LogP contribution in [-0.2, 0) is 23.0 Å². The van der Waals surface area contributed by atoms with E-state index in [-0.39, 0.29) is 18.2 Å². The van der Waals surface area contributed by atoms with Crippen LogP contribution in [-0.4, -0.2) is 80.6 Å². The number of piperazine rings is 3. The van der Waals surface area contributed by atoms with Crippen molar-refractivity contribution in [3.63, 3.8) is 0 Å². The molecule has 7 rings (SSSR count). The minimum Gasteiger partial charge on any atom is -1.00 e. The number of unbranched alkanes of at least 4 members (excludes halogenated alkanes) is 2. The fourth-order valence-electron chi connectivity index (χ4n) is 8.47. The maximum Gasteiger partial charge on any atom is 0.179 e. The van der Waals surface area contributed by atoms with E-state index in [9.17, 15) is 13.5 Å². The van der Waals surface area contributed by atoms with Gasteiger partial charge in [0.05, 0.1) is 36.4 Å². The Bertz CT molecular complexity index is 1600. The van der Waals surface area contributed by atoms with Gasteiger partial charge in [-0.3, -0.25) is 4.90 Å². The van der Waals surface area contributed by atoms with E-state index in [1.165, 1.54) is 49.3 Å². The second-order valence-electron chi connectivity index (χ2n) is 14.7. The van der Waals surface area contributed by atoms with Gasteiger partial charge in [-0.1, -0.05) is 75.9 Å². The minimum atomic E-state index is -3.63. The zero-order valence-electron chi connectivity index (χ0n) is 29.7. The van der Waals surface area contributed by atoms with Crippen molar-refractivity contribution >= 4 is 15.5 Å². The number of halogens is 1. The molecule has 268 valence electrons. The summed E-state index contributed by atoms with van der Waals surface area (Å²) in [5.74, 6) is 0.262. The summed E-state index contributed by atoms with van der Waals surface area (Å²) in [5, 5.41) is 15.8. The third-order valence-electron chi connectivity index (χ3n) is 11.4. The molecule has 4 heterocycles. The number of anilines is 1. The molecular weight excluding hydrogens is 654 g/mol. The van der Waals surface area contributed by atoms with Crippen molar-refractivity contribution in [1.82, 2.24) is 4.90 Å². The number of ether oxygens (including phenoxy) is 1. The van der Waals surface area contributed by atoms with Gasteiger partial charge in [0.1, 0.15) is 18.9 Å². The van der Waals surface area contributed by atoms with Crippen LogP contribution >= 0.6 is 0 Å². The van der Waals surface area contributed by atoms with Gasteiger partial charge in [0.15, 0.2) is 9.84 Å². The highest BCUT2D eigenvalue weighted by Crippen LogP contribution is 2.50. The smallest absolute Gasteiger partial charge is 0.179 e. The summed E-state index contributed by atoms with van der Waals surface area (Å²) in [4.78, 5) is 2.93. The van der Waals surface area contributed by atoms with Gasteiger partial charge in [-0.25, -0.2) is 8.42 Å². The molecule has 0 aromatic heterocycles. The molecule has 3 aromatic carbocycles. The third kappa shape index (κ3) is 8.31. The zero-order valence-corrected chi connectivity index (χ0v) is 31.2. The highest BCUT2D eigenvalue weighted by atomic mass is 35.5. The van der Waals surface area contributed by atoms with Crippen LogP contribution in [0.25, 0.3) is 0 Å². The molecule has 0 saturated carbocycles. The molecule has 4 aliphatic heterocycles. The van der Waals surface area contributed by atoms with Crippen molar-refractivity contribution in [3.8, 4) is 5.75 Å². The zero-order chi connectivity index (χ0) is 33.8. The van der Waals surface area contributed by atoms with E-state index in [0.717, 1.165) is 61.3 Å². The predicted molar refractivity (Wildman–Crippen MR) is 194 cm³/mol. The Hall–Kier alpha value is -2.62. The third-order valence-corrected chi connectivity index (χ3v) is 13.4. The van der Waals surface area contributed by atoms with Gasteiger partial charge in [0.2, 0.25) is 0 Å². The van der Waals surface area contributed by atoms with Gasteiger partial charge < -0.3 is 32.1 Å². The second kappa shape index (κ2) is 16.2. The van der Waals surface area contributed by atoms with Crippen molar-refractivity contribution in [2.24, 2.45) is 5.41 Å². The molecule has 0 radical (unpaired) electrons. The standard InChI is InChI=1S/C40H56N3O4S.ClH/c1-4-7-19-40(20-8-5-2)30-48(45,46)37-18-15-34(41-6-3)27-36(37)38(39(40)44)33-13-16-35(17-14-33)47-29-32-11-9-31(10-12-32)28-43-24-21-42(22-25-43)23-26-43;/h9-18,27,38-39,41,44H,4-8,19-26,28-30H2,1-3H3;1H/q+1;/p-1/t38-,39-;/m1./s1. The van der Waals surface area contributed by atoms with Crippen LogP contribution in [0.2, 0.25) is 0 Å². The number of fused-ring (bicyclic) bond motifs is 4. The Morgan fingerprint density at radius 1 is 0.878 bits per heavy atom. The first-order valence-corrected chi connectivity index (χ1v) is 20.0. The number of hydrogen-bond acceptors (Lipinski definition) is 6. The molecule has 0 aliphatic carbocycles. The number of quaternary nitrogens is 1. The van der Waals surface area contributed by atoms with Gasteiger partial charge in [-0.2, -0.15) is 0 Å². The molecule has 49 heavy (non-hydrogen) atoms. The Kier molecular flexibility index (Phi) is 12.4. The number of benzene rings is 3. The summed E-state index contributed by atoms with van der Waals surface area (Å²) >= 11 is 0. The average molecular weight is 710 g/mol. The van der Waals surface area contributed by atoms with E-state index in [4.69, 9.17) is 4.74 Å². The number of aliphatic hydroxyl groups excluding tert-OH is 1. The lowest BCUT2D eigenvalue weighted by molar-refractivity contribution is -0.953. The van der Waals surface area contributed by atoms with Crippen molar-refractivity contribution < 1.29 is 35.2 Å².